The molecule has 0 unspecified atom stereocenters. The van der Waals surface area contributed by atoms with Crippen molar-refractivity contribution in [1.82, 2.24) is 9.55 Å². The van der Waals surface area contributed by atoms with Gasteiger partial charge in [0, 0.05) is 16.9 Å². The van der Waals surface area contributed by atoms with Crippen LogP contribution in [0.1, 0.15) is 5.69 Å². The molecule has 1 aromatic heterocycles. The van der Waals surface area contributed by atoms with Gasteiger partial charge in [0.2, 0.25) is 0 Å². The van der Waals surface area contributed by atoms with E-state index in [1.165, 1.54) is 0 Å². The van der Waals surface area contributed by atoms with Crippen LogP contribution >= 0.6 is 11.6 Å². The Morgan fingerprint density at radius 1 is 1.29 bits per heavy atom. The van der Waals surface area contributed by atoms with Crippen molar-refractivity contribution < 1.29 is 0 Å². The van der Waals surface area contributed by atoms with Gasteiger partial charge in [-0.3, -0.25) is 0 Å². The molecule has 0 saturated carbocycles. The van der Waals surface area contributed by atoms with Crippen LogP contribution in [0.4, 0.5) is 0 Å². The van der Waals surface area contributed by atoms with Crippen LogP contribution in [0.15, 0.2) is 36.8 Å². The summed E-state index contributed by atoms with van der Waals surface area (Å²) >= 11 is 5.75. The molecule has 0 aliphatic heterocycles. The van der Waals surface area contributed by atoms with Crippen LogP contribution in [0.3, 0.4) is 0 Å². The SMILES string of the molecule is N#Cc1cn(-c2ccc(Cl)cc2)cn1. The summed E-state index contributed by atoms with van der Waals surface area (Å²) in [6, 6.07) is 9.29. The summed E-state index contributed by atoms with van der Waals surface area (Å²) in [6.45, 7) is 0. The summed E-state index contributed by atoms with van der Waals surface area (Å²) in [5.41, 5.74) is 1.34. The molecule has 0 radical (unpaired) electrons. The highest BCUT2D eigenvalue weighted by Crippen LogP contribution is 2.13. The molecule has 1 aromatic carbocycles. The topological polar surface area (TPSA) is 41.6 Å². The van der Waals surface area contributed by atoms with E-state index in [1.807, 2.05) is 18.2 Å². The quantitative estimate of drug-likeness (QED) is 0.714. The standard InChI is InChI=1S/C10H6ClN3/c11-8-1-3-10(4-2-8)14-6-9(5-12)13-7-14/h1-4,6-7H. The Bertz CT molecular complexity index is 479. The summed E-state index contributed by atoms with van der Waals surface area (Å²) < 4.78 is 1.77. The average molecular weight is 204 g/mol. The summed E-state index contributed by atoms with van der Waals surface area (Å²) in [6.07, 6.45) is 3.27. The minimum Gasteiger partial charge on any atom is -0.305 e. The highest BCUT2D eigenvalue weighted by Gasteiger charge is 1.98. The molecule has 68 valence electrons. The van der Waals surface area contributed by atoms with Gasteiger partial charge in [0.15, 0.2) is 5.69 Å². The van der Waals surface area contributed by atoms with E-state index < -0.39 is 0 Å². The van der Waals surface area contributed by atoms with E-state index in [1.54, 1.807) is 29.2 Å². The maximum atomic E-state index is 8.60. The van der Waals surface area contributed by atoms with E-state index >= 15 is 0 Å². The monoisotopic (exact) mass is 203 g/mol. The van der Waals surface area contributed by atoms with Crippen molar-refractivity contribution in [2.75, 3.05) is 0 Å². The molecule has 0 spiro atoms. The fourth-order valence-corrected chi connectivity index (χ4v) is 1.26. The van der Waals surface area contributed by atoms with Crippen molar-refractivity contribution in [3.63, 3.8) is 0 Å². The van der Waals surface area contributed by atoms with E-state index in [2.05, 4.69) is 4.98 Å². The minimum atomic E-state index is 0.403. The van der Waals surface area contributed by atoms with Crippen molar-refractivity contribution in [3.05, 3.63) is 47.5 Å². The van der Waals surface area contributed by atoms with Crippen molar-refractivity contribution in [2.45, 2.75) is 0 Å². The van der Waals surface area contributed by atoms with E-state index in [0.29, 0.717) is 10.7 Å². The molecular formula is C10H6ClN3. The van der Waals surface area contributed by atoms with Gasteiger partial charge in [-0.25, -0.2) is 4.98 Å². The van der Waals surface area contributed by atoms with Crippen molar-refractivity contribution >= 4 is 11.6 Å². The van der Waals surface area contributed by atoms with Gasteiger partial charge in [0.05, 0.1) is 0 Å². The van der Waals surface area contributed by atoms with Gasteiger partial charge < -0.3 is 4.57 Å². The van der Waals surface area contributed by atoms with Crippen LogP contribution in [0.5, 0.6) is 0 Å². The van der Waals surface area contributed by atoms with Gasteiger partial charge in [-0.1, -0.05) is 11.6 Å². The van der Waals surface area contributed by atoms with E-state index in [-0.39, 0.29) is 0 Å². The minimum absolute atomic E-state index is 0.403. The number of nitrogens with zero attached hydrogens (tertiary/aromatic N) is 3. The Morgan fingerprint density at radius 3 is 2.57 bits per heavy atom. The maximum absolute atomic E-state index is 8.60. The van der Waals surface area contributed by atoms with Crippen LogP contribution in [-0.2, 0) is 0 Å². The molecule has 4 heteroatoms. The molecular weight excluding hydrogens is 198 g/mol. The lowest BCUT2D eigenvalue weighted by Crippen LogP contribution is -1.88. The van der Waals surface area contributed by atoms with Crippen molar-refractivity contribution in [2.24, 2.45) is 0 Å². The first-order chi connectivity index (χ1) is 6.79. The second-order valence-corrected chi connectivity index (χ2v) is 3.19. The fourth-order valence-electron chi connectivity index (χ4n) is 1.13. The number of hydrogen-bond donors (Lipinski definition) is 0. The lowest BCUT2D eigenvalue weighted by Gasteiger charge is -2.00. The molecule has 0 saturated heterocycles. The van der Waals surface area contributed by atoms with Crippen LogP contribution in [0.25, 0.3) is 5.69 Å². The lowest BCUT2D eigenvalue weighted by molar-refractivity contribution is 1.06. The van der Waals surface area contributed by atoms with Crippen LogP contribution in [0.2, 0.25) is 5.02 Å². The molecule has 2 aromatic rings. The molecule has 0 amide bonds. The molecule has 0 bridgehead atoms. The summed E-state index contributed by atoms with van der Waals surface area (Å²) in [7, 11) is 0. The van der Waals surface area contributed by atoms with Crippen LogP contribution < -0.4 is 0 Å². The Hall–Kier alpha value is -1.79. The zero-order chi connectivity index (χ0) is 9.97. The normalized spacial score (nSPS) is 9.71. The van der Waals surface area contributed by atoms with Gasteiger partial charge in [0.1, 0.15) is 12.4 Å². The number of nitriles is 1. The van der Waals surface area contributed by atoms with Gasteiger partial charge in [-0.2, -0.15) is 5.26 Å². The Kier molecular flexibility index (Phi) is 2.21. The van der Waals surface area contributed by atoms with Crippen LogP contribution in [0, 0.1) is 11.3 Å². The van der Waals surface area contributed by atoms with Crippen LogP contribution in [-0.4, -0.2) is 9.55 Å². The second-order valence-electron chi connectivity index (χ2n) is 2.75. The number of halogens is 1. The molecule has 0 N–H and O–H groups in total. The smallest absolute Gasteiger partial charge is 0.158 e. The van der Waals surface area contributed by atoms with Crippen molar-refractivity contribution in [3.8, 4) is 11.8 Å². The van der Waals surface area contributed by atoms with Gasteiger partial charge in [-0.15, -0.1) is 0 Å². The molecule has 3 nitrogen and oxygen atoms in total. The van der Waals surface area contributed by atoms with E-state index in [0.717, 1.165) is 5.69 Å². The lowest BCUT2D eigenvalue weighted by atomic mass is 10.3. The third-order valence-corrected chi connectivity index (χ3v) is 2.07. The first-order valence-corrected chi connectivity index (χ1v) is 4.37. The third kappa shape index (κ3) is 1.61. The van der Waals surface area contributed by atoms with Crippen molar-refractivity contribution in [1.29, 1.82) is 5.26 Å². The summed E-state index contributed by atoms with van der Waals surface area (Å²) in [4.78, 5) is 3.90. The Balaban J connectivity index is 2.40. The Morgan fingerprint density at radius 2 is 2.00 bits per heavy atom. The number of rotatable bonds is 1. The number of imidazole rings is 1. The maximum Gasteiger partial charge on any atom is 0.158 e. The van der Waals surface area contributed by atoms with E-state index in [9.17, 15) is 0 Å². The second kappa shape index (κ2) is 3.52. The first kappa shape index (κ1) is 8.79. The number of hydrogen-bond acceptors (Lipinski definition) is 2. The predicted molar refractivity (Wildman–Crippen MR) is 53.3 cm³/mol. The van der Waals surface area contributed by atoms with Gasteiger partial charge >= 0.3 is 0 Å². The number of aromatic nitrogens is 2. The molecule has 2 rings (SSSR count). The zero-order valence-electron chi connectivity index (χ0n) is 7.18. The highest BCUT2D eigenvalue weighted by atomic mass is 35.5. The Labute approximate surface area is 86.2 Å². The third-order valence-electron chi connectivity index (χ3n) is 1.82. The fraction of sp³-hybridized carbons (Fsp3) is 0. The molecule has 14 heavy (non-hydrogen) atoms. The molecule has 1 heterocycles. The number of benzene rings is 1. The molecule has 0 atom stereocenters. The van der Waals surface area contributed by atoms with Gasteiger partial charge in [0.25, 0.3) is 0 Å². The largest absolute Gasteiger partial charge is 0.305 e. The summed E-state index contributed by atoms with van der Waals surface area (Å²) in [5, 5.41) is 9.28. The molecule has 0 aliphatic carbocycles. The average Bonchev–Trinajstić information content (AvgIpc) is 2.67. The zero-order valence-corrected chi connectivity index (χ0v) is 7.94. The predicted octanol–water partition coefficient (Wildman–Crippen LogP) is 2.40. The highest BCUT2D eigenvalue weighted by molar-refractivity contribution is 6.30. The summed E-state index contributed by atoms with van der Waals surface area (Å²) in [5.74, 6) is 0. The van der Waals surface area contributed by atoms with E-state index in [4.69, 9.17) is 16.9 Å². The molecule has 0 aliphatic rings. The first-order valence-electron chi connectivity index (χ1n) is 3.99. The molecule has 0 fully saturated rings. The van der Waals surface area contributed by atoms with Gasteiger partial charge in [-0.05, 0) is 24.3 Å².